The van der Waals surface area contributed by atoms with Crippen LogP contribution in [0.5, 0.6) is 17.2 Å². The molecule has 3 nitrogen and oxygen atoms in total. The van der Waals surface area contributed by atoms with Crippen LogP contribution in [0.4, 0.5) is 5.69 Å². The molecule has 2 aromatic rings. The van der Waals surface area contributed by atoms with Crippen molar-refractivity contribution in [2.45, 2.75) is 32.7 Å². The molecule has 0 aromatic heterocycles. The van der Waals surface area contributed by atoms with Gasteiger partial charge in [-0.25, -0.2) is 0 Å². The van der Waals surface area contributed by atoms with Crippen molar-refractivity contribution in [3.63, 3.8) is 0 Å². The molecule has 0 bridgehead atoms. The summed E-state index contributed by atoms with van der Waals surface area (Å²) < 4.78 is 6.20. The molecule has 2 atom stereocenters. The molecule has 2 aliphatic heterocycles. The highest BCUT2D eigenvalue weighted by molar-refractivity contribution is 5.70. The van der Waals surface area contributed by atoms with Crippen LogP contribution in [0.3, 0.4) is 0 Å². The summed E-state index contributed by atoms with van der Waals surface area (Å²) >= 11 is 0. The second-order valence-electron chi connectivity index (χ2n) is 6.51. The summed E-state index contributed by atoms with van der Waals surface area (Å²) in [6.07, 6.45) is 2.43. The quantitative estimate of drug-likeness (QED) is 0.759. The molecule has 114 valence electrons. The second kappa shape index (κ2) is 4.94. The van der Waals surface area contributed by atoms with E-state index in [4.69, 9.17) is 4.74 Å². The smallest absolute Gasteiger partial charge is 0.154 e. The summed E-state index contributed by atoms with van der Waals surface area (Å²) in [5, 5.41) is 9.96. The van der Waals surface area contributed by atoms with Gasteiger partial charge >= 0.3 is 0 Å². The number of nitrogens with zero attached hydrogens (tertiary/aromatic N) is 1. The number of para-hydroxylation sites is 1. The first-order valence-electron chi connectivity index (χ1n) is 8.02. The van der Waals surface area contributed by atoms with Gasteiger partial charge in [-0.1, -0.05) is 25.1 Å². The maximum absolute atomic E-state index is 9.96. The number of benzene rings is 2. The van der Waals surface area contributed by atoms with E-state index in [9.17, 15) is 5.11 Å². The molecule has 0 amide bonds. The van der Waals surface area contributed by atoms with Crippen LogP contribution in [0.15, 0.2) is 36.4 Å². The van der Waals surface area contributed by atoms with E-state index in [0.717, 1.165) is 29.3 Å². The van der Waals surface area contributed by atoms with E-state index >= 15 is 0 Å². The lowest BCUT2D eigenvalue weighted by atomic mass is 9.85. The van der Waals surface area contributed by atoms with Gasteiger partial charge in [0.2, 0.25) is 0 Å². The number of hydrogen-bond acceptors (Lipinski definition) is 3. The van der Waals surface area contributed by atoms with Crippen LogP contribution in [0, 0.1) is 12.8 Å². The van der Waals surface area contributed by atoms with Crippen molar-refractivity contribution in [2.24, 2.45) is 5.92 Å². The molecule has 1 N–H and O–H groups in total. The monoisotopic (exact) mass is 295 g/mol. The lowest BCUT2D eigenvalue weighted by Gasteiger charge is -2.41. The van der Waals surface area contributed by atoms with Gasteiger partial charge in [0.25, 0.3) is 0 Å². The molecule has 3 heteroatoms. The van der Waals surface area contributed by atoms with Crippen LogP contribution < -0.4 is 9.64 Å². The molecule has 0 spiro atoms. The highest BCUT2D eigenvalue weighted by Crippen LogP contribution is 2.51. The normalized spacial score (nSPS) is 22.9. The summed E-state index contributed by atoms with van der Waals surface area (Å²) in [5.74, 6) is 2.52. The largest absolute Gasteiger partial charge is 0.508 e. The fourth-order valence-corrected chi connectivity index (χ4v) is 4.02. The minimum absolute atomic E-state index is 0.261. The molecule has 2 aliphatic rings. The molecule has 1 fully saturated rings. The molecule has 2 heterocycles. The second-order valence-corrected chi connectivity index (χ2v) is 6.51. The number of phenols is 1. The highest BCUT2D eigenvalue weighted by Gasteiger charge is 2.36. The van der Waals surface area contributed by atoms with E-state index in [2.05, 4.69) is 24.0 Å². The molecular weight excluding hydrogens is 274 g/mol. The number of phenolic OH excluding ortho intramolecular Hbond substituents is 1. The zero-order valence-electron chi connectivity index (χ0n) is 13.0. The molecular formula is C19H21NO2. The number of fused-ring (bicyclic) bond motifs is 5. The molecule has 0 saturated carbocycles. The molecule has 0 unspecified atom stereocenters. The molecule has 4 rings (SSSR count). The summed E-state index contributed by atoms with van der Waals surface area (Å²) in [6, 6.07) is 12.2. The van der Waals surface area contributed by atoms with Crippen LogP contribution in [0.25, 0.3) is 0 Å². The Labute approximate surface area is 131 Å². The van der Waals surface area contributed by atoms with Gasteiger partial charge in [0.15, 0.2) is 5.75 Å². The number of hydrogen-bond donors (Lipinski definition) is 1. The third-order valence-corrected chi connectivity index (χ3v) is 4.93. The van der Waals surface area contributed by atoms with Gasteiger partial charge in [0.05, 0.1) is 11.7 Å². The van der Waals surface area contributed by atoms with Crippen molar-refractivity contribution in [3.8, 4) is 17.2 Å². The van der Waals surface area contributed by atoms with Crippen molar-refractivity contribution in [3.05, 3.63) is 47.5 Å². The van der Waals surface area contributed by atoms with Crippen LogP contribution in [0.2, 0.25) is 0 Å². The van der Waals surface area contributed by atoms with Crippen molar-refractivity contribution < 1.29 is 9.84 Å². The SMILES string of the molecule is Cc1cc(O)cc2c1N1CCC[C@H](C)[C@H]1c1ccccc1O2. The predicted molar refractivity (Wildman–Crippen MR) is 87.8 cm³/mol. The van der Waals surface area contributed by atoms with Crippen molar-refractivity contribution in [1.29, 1.82) is 0 Å². The van der Waals surface area contributed by atoms with E-state index < -0.39 is 0 Å². The first-order chi connectivity index (χ1) is 10.6. The Morgan fingerprint density at radius 3 is 2.86 bits per heavy atom. The van der Waals surface area contributed by atoms with Crippen LogP contribution in [0.1, 0.15) is 36.9 Å². The molecule has 2 aromatic carbocycles. The Balaban J connectivity index is 1.98. The Hall–Kier alpha value is -2.16. The average Bonchev–Trinajstić information content (AvgIpc) is 2.61. The Kier molecular flexibility index (Phi) is 3.03. The number of rotatable bonds is 0. The highest BCUT2D eigenvalue weighted by atomic mass is 16.5. The van der Waals surface area contributed by atoms with Gasteiger partial charge < -0.3 is 14.7 Å². The van der Waals surface area contributed by atoms with Gasteiger partial charge in [-0.05, 0) is 43.4 Å². The van der Waals surface area contributed by atoms with Gasteiger partial charge in [0, 0.05) is 18.2 Å². The summed E-state index contributed by atoms with van der Waals surface area (Å²) in [5.41, 5.74) is 3.46. The van der Waals surface area contributed by atoms with Gasteiger partial charge in [-0.15, -0.1) is 0 Å². The lowest BCUT2D eigenvalue weighted by molar-refractivity contribution is 0.351. The van der Waals surface area contributed by atoms with Gasteiger partial charge in [-0.3, -0.25) is 0 Å². The Bertz CT molecular complexity index is 725. The molecule has 22 heavy (non-hydrogen) atoms. The number of anilines is 1. The third-order valence-electron chi connectivity index (χ3n) is 4.93. The van der Waals surface area contributed by atoms with E-state index in [1.54, 1.807) is 6.07 Å². The van der Waals surface area contributed by atoms with Crippen molar-refractivity contribution in [1.82, 2.24) is 0 Å². The Morgan fingerprint density at radius 1 is 1.18 bits per heavy atom. The average molecular weight is 295 g/mol. The molecule has 0 radical (unpaired) electrons. The maximum atomic E-state index is 9.96. The summed E-state index contributed by atoms with van der Waals surface area (Å²) in [6.45, 7) is 5.41. The van der Waals surface area contributed by atoms with Gasteiger partial charge in [0.1, 0.15) is 11.5 Å². The zero-order valence-corrected chi connectivity index (χ0v) is 13.0. The first-order valence-corrected chi connectivity index (χ1v) is 8.02. The minimum Gasteiger partial charge on any atom is -0.508 e. The van der Waals surface area contributed by atoms with E-state index in [0.29, 0.717) is 12.0 Å². The standard InChI is InChI=1S/C19H21NO2/c1-12-6-5-9-20-18(12)15-7-3-4-8-16(15)22-17-11-14(21)10-13(2)19(17)20/h3-4,7-8,10-12,18,21H,5-6,9H2,1-2H3/t12-,18-/m0/s1. The predicted octanol–water partition coefficient (Wildman–Crippen LogP) is 4.78. The number of aryl methyl sites for hydroxylation is 1. The van der Waals surface area contributed by atoms with Crippen molar-refractivity contribution >= 4 is 5.69 Å². The fraction of sp³-hybridized carbons (Fsp3) is 0.368. The number of aromatic hydroxyl groups is 1. The van der Waals surface area contributed by atoms with E-state index in [1.165, 1.54) is 18.4 Å². The lowest BCUT2D eigenvalue weighted by Crippen LogP contribution is -2.37. The van der Waals surface area contributed by atoms with E-state index in [1.807, 2.05) is 25.1 Å². The number of piperidine rings is 1. The van der Waals surface area contributed by atoms with Gasteiger partial charge in [-0.2, -0.15) is 0 Å². The third kappa shape index (κ3) is 1.96. The van der Waals surface area contributed by atoms with E-state index in [-0.39, 0.29) is 5.75 Å². The Morgan fingerprint density at radius 2 is 2.00 bits per heavy atom. The van der Waals surface area contributed by atoms with Crippen molar-refractivity contribution in [2.75, 3.05) is 11.4 Å². The first kappa shape index (κ1) is 13.5. The van der Waals surface area contributed by atoms with Crippen LogP contribution >= 0.6 is 0 Å². The fourth-order valence-electron chi connectivity index (χ4n) is 4.02. The minimum atomic E-state index is 0.261. The van der Waals surface area contributed by atoms with Crippen LogP contribution in [-0.2, 0) is 0 Å². The topological polar surface area (TPSA) is 32.7 Å². The zero-order chi connectivity index (χ0) is 15.3. The maximum Gasteiger partial charge on any atom is 0.154 e. The van der Waals surface area contributed by atoms with Crippen LogP contribution in [-0.4, -0.2) is 11.7 Å². The summed E-state index contributed by atoms with van der Waals surface area (Å²) in [4.78, 5) is 2.48. The molecule has 1 saturated heterocycles. The summed E-state index contributed by atoms with van der Waals surface area (Å²) in [7, 11) is 0. The number of ether oxygens (including phenoxy) is 1. The molecule has 0 aliphatic carbocycles.